The number of aryl methyl sites for hydroxylation is 1. The van der Waals surface area contributed by atoms with Crippen molar-refractivity contribution in [2.75, 3.05) is 0 Å². The number of imidazole rings is 1. The quantitative estimate of drug-likeness (QED) is 0.638. The Kier molecular flexibility index (Phi) is 2.87. The lowest BCUT2D eigenvalue weighted by Crippen LogP contribution is -1.86. The zero-order chi connectivity index (χ0) is 14.1. The second kappa shape index (κ2) is 4.70. The number of carboxylic acid groups (broad SMARTS) is 1. The van der Waals surface area contributed by atoms with E-state index >= 15 is 0 Å². The number of aromatic amines is 2. The first-order valence-corrected chi connectivity index (χ1v) is 6.19. The predicted molar refractivity (Wildman–Crippen MR) is 77.3 cm³/mol. The molecule has 0 aliphatic carbocycles. The van der Waals surface area contributed by atoms with Crippen molar-refractivity contribution in [2.24, 2.45) is 0 Å². The summed E-state index contributed by atoms with van der Waals surface area (Å²) in [6.07, 6.45) is 4.43. The second-order valence-corrected chi connectivity index (χ2v) is 4.52. The van der Waals surface area contributed by atoms with Gasteiger partial charge in [-0.25, -0.2) is 9.78 Å². The summed E-state index contributed by atoms with van der Waals surface area (Å²) in [4.78, 5) is 21.3. The van der Waals surface area contributed by atoms with Gasteiger partial charge in [-0.3, -0.25) is 0 Å². The first-order chi connectivity index (χ1) is 9.65. The fourth-order valence-corrected chi connectivity index (χ4v) is 2.24. The largest absolute Gasteiger partial charge is 0.478 e. The molecule has 100 valence electrons. The lowest BCUT2D eigenvalue weighted by atomic mass is 10.1. The lowest BCUT2D eigenvalue weighted by Gasteiger charge is -1.95. The second-order valence-electron chi connectivity index (χ2n) is 4.52. The number of H-pyrrole nitrogens is 2. The van der Waals surface area contributed by atoms with E-state index in [1.807, 2.05) is 37.4 Å². The summed E-state index contributed by atoms with van der Waals surface area (Å²) < 4.78 is 0. The number of hydrogen-bond acceptors (Lipinski definition) is 2. The molecule has 0 radical (unpaired) electrons. The number of aliphatic carboxylic acids is 1. The zero-order valence-corrected chi connectivity index (χ0v) is 10.8. The highest BCUT2D eigenvalue weighted by molar-refractivity contribution is 5.95. The number of nitrogens with zero attached hydrogens (tertiary/aromatic N) is 1. The highest BCUT2D eigenvalue weighted by Gasteiger charge is 2.12. The van der Waals surface area contributed by atoms with Crippen LogP contribution in [0.5, 0.6) is 0 Å². The number of rotatable bonds is 3. The van der Waals surface area contributed by atoms with Gasteiger partial charge in [0, 0.05) is 34.4 Å². The third-order valence-corrected chi connectivity index (χ3v) is 3.13. The molecule has 5 heteroatoms. The van der Waals surface area contributed by atoms with Crippen molar-refractivity contribution in [2.45, 2.75) is 6.92 Å². The average molecular weight is 267 g/mol. The van der Waals surface area contributed by atoms with Crippen molar-refractivity contribution in [1.82, 2.24) is 15.0 Å². The summed E-state index contributed by atoms with van der Waals surface area (Å²) in [6, 6.07) is 7.99. The van der Waals surface area contributed by atoms with Gasteiger partial charge in [0.1, 0.15) is 5.82 Å². The van der Waals surface area contributed by atoms with Gasteiger partial charge >= 0.3 is 5.97 Å². The topological polar surface area (TPSA) is 81.8 Å². The van der Waals surface area contributed by atoms with Gasteiger partial charge in [0.05, 0.1) is 5.69 Å². The minimum atomic E-state index is -0.993. The van der Waals surface area contributed by atoms with Gasteiger partial charge in [-0.2, -0.15) is 0 Å². The predicted octanol–water partition coefficient (Wildman–Crippen LogP) is 2.96. The SMILES string of the molecule is Cc1[nH]c(/C=C/C(=O)O)nc1-c1c[nH]c2ccccc12. The van der Waals surface area contributed by atoms with Gasteiger partial charge < -0.3 is 15.1 Å². The Morgan fingerprint density at radius 3 is 2.95 bits per heavy atom. The van der Waals surface area contributed by atoms with E-state index < -0.39 is 5.97 Å². The minimum Gasteiger partial charge on any atom is -0.478 e. The third-order valence-electron chi connectivity index (χ3n) is 3.13. The molecule has 3 rings (SSSR count). The first-order valence-electron chi connectivity index (χ1n) is 6.19. The average Bonchev–Trinajstić information content (AvgIpc) is 2.99. The van der Waals surface area contributed by atoms with Crippen molar-refractivity contribution in [3.8, 4) is 11.3 Å². The molecule has 0 amide bonds. The van der Waals surface area contributed by atoms with Crippen molar-refractivity contribution in [3.05, 3.63) is 48.1 Å². The molecule has 2 aromatic heterocycles. The van der Waals surface area contributed by atoms with E-state index in [1.54, 1.807) is 0 Å². The third kappa shape index (κ3) is 2.09. The minimum absolute atomic E-state index is 0.533. The smallest absolute Gasteiger partial charge is 0.328 e. The van der Waals surface area contributed by atoms with Crippen LogP contribution in [-0.2, 0) is 4.79 Å². The molecule has 3 N–H and O–H groups in total. The van der Waals surface area contributed by atoms with Gasteiger partial charge in [-0.05, 0) is 19.1 Å². The van der Waals surface area contributed by atoms with Gasteiger partial charge in [0.2, 0.25) is 0 Å². The number of aromatic nitrogens is 3. The van der Waals surface area contributed by atoms with Gasteiger partial charge in [-0.1, -0.05) is 18.2 Å². The molecule has 0 aliphatic rings. The van der Waals surface area contributed by atoms with Crippen LogP contribution in [0.3, 0.4) is 0 Å². The van der Waals surface area contributed by atoms with E-state index in [0.717, 1.165) is 33.9 Å². The normalized spacial score (nSPS) is 11.4. The molecule has 20 heavy (non-hydrogen) atoms. The highest BCUT2D eigenvalue weighted by atomic mass is 16.4. The monoisotopic (exact) mass is 267 g/mol. The molecule has 0 bridgehead atoms. The first kappa shape index (κ1) is 12.2. The maximum absolute atomic E-state index is 10.5. The van der Waals surface area contributed by atoms with E-state index in [2.05, 4.69) is 15.0 Å². The number of carboxylic acids is 1. The summed E-state index contributed by atoms with van der Waals surface area (Å²) in [5.41, 5.74) is 3.78. The van der Waals surface area contributed by atoms with E-state index in [0.29, 0.717) is 5.82 Å². The van der Waals surface area contributed by atoms with Crippen LogP contribution in [0.1, 0.15) is 11.5 Å². The van der Waals surface area contributed by atoms with Crippen molar-refractivity contribution in [3.63, 3.8) is 0 Å². The molecule has 1 aromatic carbocycles. The van der Waals surface area contributed by atoms with E-state index in [9.17, 15) is 4.79 Å². The molecule has 3 aromatic rings. The molecule has 5 nitrogen and oxygen atoms in total. The maximum Gasteiger partial charge on any atom is 0.328 e. The fraction of sp³-hybridized carbons (Fsp3) is 0.0667. The van der Waals surface area contributed by atoms with E-state index in [4.69, 9.17) is 5.11 Å². The molecular formula is C15H13N3O2. The Balaban J connectivity index is 2.08. The van der Waals surface area contributed by atoms with Crippen LogP contribution in [0, 0.1) is 6.92 Å². The molecule has 0 unspecified atom stereocenters. The van der Waals surface area contributed by atoms with Gasteiger partial charge in [0.25, 0.3) is 0 Å². The summed E-state index contributed by atoms with van der Waals surface area (Å²) in [6.45, 7) is 1.92. The number of carbonyl (C=O) groups is 1. The van der Waals surface area contributed by atoms with Crippen LogP contribution < -0.4 is 0 Å². The van der Waals surface area contributed by atoms with Crippen LogP contribution in [0.2, 0.25) is 0 Å². The summed E-state index contributed by atoms with van der Waals surface area (Å²) in [7, 11) is 0. The summed E-state index contributed by atoms with van der Waals surface area (Å²) >= 11 is 0. The van der Waals surface area contributed by atoms with Crippen LogP contribution in [0.25, 0.3) is 28.2 Å². The molecule has 0 aliphatic heterocycles. The molecular weight excluding hydrogens is 254 g/mol. The Labute approximate surface area is 115 Å². The molecule has 0 spiro atoms. The molecule has 0 saturated heterocycles. The standard InChI is InChI=1S/C15H13N3O2/c1-9-15(18-13(17-9)6-7-14(19)20)11-8-16-12-5-3-2-4-10(11)12/h2-8,16H,1H3,(H,17,18)(H,19,20)/b7-6+. The maximum atomic E-state index is 10.5. The zero-order valence-electron chi connectivity index (χ0n) is 10.8. The Morgan fingerprint density at radius 1 is 1.35 bits per heavy atom. The Morgan fingerprint density at radius 2 is 2.15 bits per heavy atom. The van der Waals surface area contributed by atoms with Crippen molar-refractivity contribution < 1.29 is 9.90 Å². The summed E-state index contributed by atoms with van der Waals surface area (Å²) in [5, 5.41) is 9.74. The van der Waals surface area contributed by atoms with Crippen LogP contribution in [0.15, 0.2) is 36.5 Å². The van der Waals surface area contributed by atoms with Crippen LogP contribution in [0.4, 0.5) is 0 Å². The van der Waals surface area contributed by atoms with Crippen LogP contribution in [-0.4, -0.2) is 26.0 Å². The number of para-hydroxylation sites is 1. The lowest BCUT2D eigenvalue weighted by molar-refractivity contribution is -0.131. The number of hydrogen-bond donors (Lipinski definition) is 3. The highest BCUT2D eigenvalue weighted by Crippen LogP contribution is 2.29. The Hall–Kier alpha value is -2.82. The number of nitrogens with one attached hydrogen (secondary N) is 2. The van der Waals surface area contributed by atoms with Crippen molar-refractivity contribution in [1.29, 1.82) is 0 Å². The van der Waals surface area contributed by atoms with E-state index in [-0.39, 0.29) is 0 Å². The molecule has 0 saturated carbocycles. The summed E-state index contributed by atoms with van der Waals surface area (Å²) in [5.74, 6) is -0.460. The Bertz CT molecular complexity index is 812. The molecule has 0 fully saturated rings. The number of fused-ring (bicyclic) bond motifs is 1. The van der Waals surface area contributed by atoms with Crippen LogP contribution >= 0.6 is 0 Å². The van der Waals surface area contributed by atoms with Gasteiger partial charge in [0.15, 0.2) is 0 Å². The van der Waals surface area contributed by atoms with E-state index in [1.165, 1.54) is 6.08 Å². The molecule has 2 heterocycles. The van der Waals surface area contributed by atoms with Gasteiger partial charge in [-0.15, -0.1) is 0 Å². The number of benzene rings is 1. The van der Waals surface area contributed by atoms with Crippen molar-refractivity contribution >= 4 is 22.9 Å². The molecule has 0 atom stereocenters. The fourth-order valence-electron chi connectivity index (χ4n) is 2.24.